The molecular weight excluding hydrogens is 1140 g/mol. The number of benzene rings is 15. The second-order valence-electron chi connectivity index (χ2n) is 26.2. The second-order valence-corrected chi connectivity index (χ2v) is 26.2. The summed E-state index contributed by atoms with van der Waals surface area (Å²) in [7, 11) is 0. The predicted molar refractivity (Wildman–Crippen MR) is 400 cm³/mol. The Balaban J connectivity index is 1.00. The van der Waals surface area contributed by atoms with Gasteiger partial charge in [-0.05, 0) is 129 Å². The van der Waals surface area contributed by atoms with Crippen LogP contribution in [-0.4, -0.2) is 6.71 Å². The Morgan fingerprint density at radius 2 is 0.628 bits per heavy atom. The zero-order valence-electron chi connectivity index (χ0n) is 52.6. The van der Waals surface area contributed by atoms with E-state index in [1.165, 1.54) is 60.2 Å². The first-order chi connectivity index (χ1) is 46.3. The molecule has 0 aliphatic carbocycles. The Bertz CT molecular complexity index is 5480. The first kappa shape index (κ1) is 55.2. The van der Waals surface area contributed by atoms with Crippen molar-refractivity contribution in [2.75, 3.05) is 9.80 Å². The third-order valence-corrected chi connectivity index (χ3v) is 19.8. The van der Waals surface area contributed by atoms with Crippen LogP contribution in [-0.2, 0) is 5.41 Å². The summed E-state index contributed by atoms with van der Waals surface area (Å²) in [6.45, 7) is 6.91. The Labute approximate surface area is 548 Å². The number of hydrogen-bond donors (Lipinski definition) is 0. The summed E-state index contributed by atoms with van der Waals surface area (Å²) in [5.41, 5.74) is 29.3. The summed E-state index contributed by atoms with van der Waals surface area (Å²) in [5, 5.41) is 7.09. The molecule has 0 unspecified atom stereocenters. The van der Waals surface area contributed by atoms with Crippen molar-refractivity contribution >= 4 is 101 Å². The van der Waals surface area contributed by atoms with Gasteiger partial charge in [-0.3, -0.25) is 0 Å². The zero-order valence-corrected chi connectivity index (χ0v) is 52.6. The summed E-state index contributed by atoms with van der Waals surface area (Å²) < 4.78 is 6.92. The second kappa shape index (κ2) is 22.0. The van der Waals surface area contributed by atoms with E-state index in [-0.39, 0.29) is 12.1 Å². The lowest BCUT2D eigenvalue weighted by atomic mass is 9.33. The van der Waals surface area contributed by atoms with Crippen LogP contribution < -0.4 is 26.2 Å². The average Bonchev–Trinajstić information content (AvgIpc) is 0.778. The monoisotopic (exact) mass is 1200 g/mol. The van der Waals surface area contributed by atoms with Gasteiger partial charge in [0.2, 0.25) is 0 Å². The minimum atomic E-state index is -0.305. The topological polar surface area (TPSA) is 19.6 Å². The Morgan fingerprint density at radius 3 is 1.07 bits per heavy atom. The van der Waals surface area contributed by atoms with Gasteiger partial charge < -0.3 is 14.2 Å². The molecule has 4 heteroatoms. The Kier molecular flexibility index (Phi) is 12.9. The number of para-hydroxylation sites is 4. The lowest BCUT2D eigenvalue weighted by Crippen LogP contribution is -2.61. The standard InChI is InChI=1S/C90H63BN2O/c1-90(2,3)65-56-81-86-82(57-65)93(88-68(60-32-13-6-14-33-60)45-26-46-69(88)61-34-15-7-16-35-61)80-55-64(85-74-41-21-19-39-72(74)84(62-36-17-8-18-37-62)73-40-20-22-42-75(73)85)51-53-78(80)91(86)77-52-50-63(70-47-27-48-76-71-38-23-24-49-83(71)94-89(70)76)54-79(77)92(81)87-66(58-28-9-4-10-29-58)43-25-44-67(87)59-30-11-5-12-31-59/h4-57H,1-3H3. The first-order valence-electron chi connectivity index (χ1n) is 32.8. The van der Waals surface area contributed by atoms with Gasteiger partial charge in [-0.2, -0.15) is 0 Å². The number of rotatable bonds is 9. The molecule has 2 aliphatic rings. The number of nitrogens with zero attached hydrogens (tertiary/aromatic N) is 2. The normalized spacial score (nSPS) is 12.6. The van der Waals surface area contributed by atoms with Crippen LogP contribution in [0.4, 0.5) is 34.1 Å². The van der Waals surface area contributed by atoms with E-state index in [1.54, 1.807) is 0 Å². The fourth-order valence-electron chi connectivity index (χ4n) is 15.5. The molecular formula is C90H63BN2O. The van der Waals surface area contributed by atoms with Gasteiger partial charge in [0.05, 0.1) is 11.4 Å². The van der Waals surface area contributed by atoms with E-state index in [2.05, 4.69) is 358 Å². The van der Waals surface area contributed by atoms with E-state index < -0.39 is 0 Å². The maximum absolute atomic E-state index is 6.92. The van der Waals surface area contributed by atoms with Crippen molar-refractivity contribution in [3.63, 3.8) is 0 Å². The third-order valence-electron chi connectivity index (χ3n) is 19.8. The van der Waals surface area contributed by atoms with Crippen molar-refractivity contribution in [1.29, 1.82) is 0 Å². The smallest absolute Gasteiger partial charge is 0.252 e. The van der Waals surface area contributed by atoms with Gasteiger partial charge in [-0.15, -0.1) is 0 Å². The Hall–Kier alpha value is -11.7. The minimum absolute atomic E-state index is 0.219. The van der Waals surface area contributed by atoms with E-state index in [0.29, 0.717) is 0 Å². The minimum Gasteiger partial charge on any atom is -0.455 e. The van der Waals surface area contributed by atoms with Crippen LogP contribution in [0.15, 0.2) is 332 Å². The molecule has 3 nitrogen and oxygen atoms in total. The van der Waals surface area contributed by atoms with Crippen molar-refractivity contribution in [2.24, 2.45) is 0 Å². The maximum Gasteiger partial charge on any atom is 0.252 e. The lowest BCUT2D eigenvalue weighted by Gasteiger charge is -2.46. The molecule has 0 saturated heterocycles. The highest BCUT2D eigenvalue weighted by Crippen LogP contribution is 2.55. The van der Waals surface area contributed by atoms with E-state index in [9.17, 15) is 0 Å². The molecule has 1 aromatic heterocycles. The van der Waals surface area contributed by atoms with Crippen molar-refractivity contribution in [2.45, 2.75) is 26.2 Å². The number of anilines is 6. The summed E-state index contributed by atoms with van der Waals surface area (Å²) in [6, 6.07) is 122. The summed E-state index contributed by atoms with van der Waals surface area (Å²) in [6.07, 6.45) is 0. The quantitative estimate of drug-likeness (QED) is 0.106. The van der Waals surface area contributed by atoms with Crippen LogP contribution in [0.2, 0.25) is 0 Å². The highest BCUT2D eigenvalue weighted by atomic mass is 16.3. The largest absolute Gasteiger partial charge is 0.455 e. The van der Waals surface area contributed by atoms with Gasteiger partial charge in [0.25, 0.3) is 6.71 Å². The van der Waals surface area contributed by atoms with E-state index in [0.717, 1.165) is 117 Å². The molecule has 0 saturated carbocycles. The van der Waals surface area contributed by atoms with Gasteiger partial charge in [-0.25, -0.2) is 0 Å². The molecule has 15 aromatic carbocycles. The molecule has 2 aliphatic heterocycles. The Morgan fingerprint density at radius 1 is 0.277 bits per heavy atom. The van der Waals surface area contributed by atoms with Crippen LogP contribution in [0, 0.1) is 0 Å². The van der Waals surface area contributed by atoms with E-state index >= 15 is 0 Å². The van der Waals surface area contributed by atoms with Crippen molar-refractivity contribution in [3.05, 3.63) is 333 Å². The molecule has 0 amide bonds. The van der Waals surface area contributed by atoms with Crippen molar-refractivity contribution in [1.82, 2.24) is 0 Å². The van der Waals surface area contributed by atoms with E-state index in [4.69, 9.17) is 4.42 Å². The molecule has 0 spiro atoms. The molecule has 0 radical (unpaired) electrons. The number of hydrogen-bond acceptors (Lipinski definition) is 3. The molecule has 0 N–H and O–H groups in total. The molecule has 3 heterocycles. The van der Waals surface area contributed by atoms with Crippen molar-refractivity contribution < 1.29 is 4.42 Å². The third kappa shape index (κ3) is 8.81. The molecule has 94 heavy (non-hydrogen) atoms. The van der Waals surface area contributed by atoms with Gasteiger partial charge in [-0.1, -0.05) is 318 Å². The average molecular weight is 1200 g/mol. The van der Waals surface area contributed by atoms with Crippen LogP contribution in [0.25, 0.3) is 121 Å². The molecule has 18 rings (SSSR count). The predicted octanol–water partition coefficient (Wildman–Crippen LogP) is 22.9. The van der Waals surface area contributed by atoms with Crippen LogP contribution in [0.1, 0.15) is 26.3 Å². The van der Waals surface area contributed by atoms with E-state index in [1.807, 2.05) is 0 Å². The van der Waals surface area contributed by atoms with Crippen LogP contribution >= 0.6 is 0 Å². The van der Waals surface area contributed by atoms with Gasteiger partial charge in [0.15, 0.2) is 0 Å². The van der Waals surface area contributed by atoms with Gasteiger partial charge in [0.1, 0.15) is 11.2 Å². The van der Waals surface area contributed by atoms with Crippen LogP contribution in [0.3, 0.4) is 0 Å². The SMILES string of the molecule is CC(C)(C)c1cc2c3c(c1)N(c1c(-c4ccccc4)cccc1-c1ccccc1)c1cc(-c4cccc5c4oc4ccccc45)ccc1B3c1ccc(-c3c4ccccc4c(-c4ccccc4)c4ccccc34)cc1N2c1c(-c2ccccc2)cccc1-c1ccccc1. The number of furan rings is 1. The fourth-order valence-corrected chi connectivity index (χ4v) is 15.5. The van der Waals surface area contributed by atoms with Crippen LogP contribution in [0.5, 0.6) is 0 Å². The maximum atomic E-state index is 6.92. The molecule has 0 bridgehead atoms. The highest BCUT2D eigenvalue weighted by Gasteiger charge is 2.46. The summed E-state index contributed by atoms with van der Waals surface area (Å²) >= 11 is 0. The first-order valence-corrected chi connectivity index (χ1v) is 32.8. The summed E-state index contributed by atoms with van der Waals surface area (Å²) in [4.78, 5) is 5.36. The zero-order chi connectivity index (χ0) is 62.6. The van der Waals surface area contributed by atoms with Crippen molar-refractivity contribution in [3.8, 4) is 77.9 Å². The number of fused-ring (bicyclic) bond motifs is 9. The molecule has 442 valence electrons. The fraction of sp³-hybridized carbons (Fsp3) is 0.0444. The van der Waals surface area contributed by atoms with Gasteiger partial charge in [0, 0.05) is 61.3 Å². The lowest BCUT2D eigenvalue weighted by molar-refractivity contribution is 0.590. The van der Waals surface area contributed by atoms with Gasteiger partial charge >= 0.3 is 0 Å². The molecule has 0 atom stereocenters. The summed E-state index contributed by atoms with van der Waals surface area (Å²) in [5.74, 6) is 0. The molecule has 16 aromatic rings. The highest BCUT2D eigenvalue weighted by molar-refractivity contribution is 7.00. The molecule has 0 fully saturated rings.